The lowest BCUT2D eigenvalue weighted by atomic mass is 10.1. The van der Waals surface area contributed by atoms with Crippen LogP contribution in [-0.4, -0.2) is 17.1 Å². The summed E-state index contributed by atoms with van der Waals surface area (Å²) in [6.07, 6.45) is -0.225. The maximum Gasteiger partial charge on any atom is 0.253 e. The van der Waals surface area contributed by atoms with Crippen LogP contribution in [0.5, 0.6) is 0 Å². The molecule has 1 heterocycles. The van der Waals surface area contributed by atoms with E-state index in [0.717, 1.165) is 5.56 Å². The number of anilines is 1. The Kier molecular flexibility index (Phi) is 2.94. The van der Waals surface area contributed by atoms with Crippen molar-refractivity contribution >= 4 is 11.6 Å². The van der Waals surface area contributed by atoms with Crippen molar-refractivity contribution in [2.24, 2.45) is 0 Å². The number of nitrogens with zero attached hydrogens (tertiary/aromatic N) is 1. The van der Waals surface area contributed by atoms with Crippen molar-refractivity contribution < 1.29 is 14.7 Å². The number of aliphatic hydroxyl groups excluding tert-OH is 1. The van der Waals surface area contributed by atoms with Crippen LogP contribution in [0, 0.1) is 0 Å². The summed E-state index contributed by atoms with van der Waals surface area (Å²) >= 11 is 0. The summed E-state index contributed by atoms with van der Waals surface area (Å²) in [7, 11) is 0. The Labute approximate surface area is 94.4 Å². The summed E-state index contributed by atoms with van der Waals surface area (Å²) in [5.74, 6) is -0.0461. The summed E-state index contributed by atoms with van der Waals surface area (Å²) in [6.45, 7) is 3.55. The van der Waals surface area contributed by atoms with Crippen molar-refractivity contribution in [1.82, 2.24) is 0 Å². The molecule has 1 N–H and O–H groups in total. The van der Waals surface area contributed by atoms with E-state index in [1.807, 2.05) is 13.0 Å². The van der Waals surface area contributed by atoms with Crippen molar-refractivity contribution in [1.29, 1.82) is 0 Å². The van der Waals surface area contributed by atoms with Gasteiger partial charge in [0.05, 0.1) is 24.3 Å². The Hall–Kier alpha value is -1.39. The lowest BCUT2D eigenvalue weighted by molar-refractivity contribution is -0.119. The zero-order valence-electron chi connectivity index (χ0n) is 9.38. The van der Waals surface area contributed by atoms with E-state index in [-0.39, 0.29) is 12.0 Å². The third-order valence-electron chi connectivity index (χ3n) is 2.56. The molecule has 0 radical (unpaired) electrons. The van der Waals surface area contributed by atoms with E-state index in [4.69, 9.17) is 4.84 Å². The van der Waals surface area contributed by atoms with E-state index in [9.17, 15) is 9.90 Å². The second-order valence-electron chi connectivity index (χ2n) is 4.08. The van der Waals surface area contributed by atoms with Gasteiger partial charge in [0.2, 0.25) is 0 Å². The number of carbonyl (C=O) groups excluding carboxylic acids is 1. The number of rotatable bonds is 2. The summed E-state index contributed by atoms with van der Waals surface area (Å²) in [5.41, 5.74) is 1.45. The zero-order chi connectivity index (χ0) is 11.7. The predicted molar refractivity (Wildman–Crippen MR) is 59.7 cm³/mol. The molecule has 2 unspecified atom stereocenters. The number of benzene rings is 1. The minimum absolute atomic E-state index is 0.0461. The van der Waals surface area contributed by atoms with Crippen LogP contribution in [0.25, 0.3) is 0 Å². The molecule has 4 nitrogen and oxygen atoms in total. The van der Waals surface area contributed by atoms with E-state index in [1.54, 1.807) is 25.1 Å². The number of carbonyl (C=O) groups is 1. The maximum absolute atomic E-state index is 11.6. The van der Waals surface area contributed by atoms with Gasteiger partial charge in [0.25, 0.3) is 5.91 Å². The minimum atomic E-state index is -0.546. The second kappa shape index (κ2) is 4.23. The average Bonchev–Trinajstić information content (AvgIpc) is 2.58. The van der Waals surface area contributed by atoms with Crippen LogP contribution in [0.2, 0.25) is 0 Å². The molecule has 1 aromatic rings. The molecule has 2 rings (SSSR count). The molecule has 16 heavy (non-hydrogen) atoms. The minimum Gasteiger partial charge on any atom is -0.389 e. The van der Waals surface area contributed by atoms with Gasteiger partial charge in [-0.3, -0.25) is 9.63 Å². The highest BCUT2D eigenvalue weighted by Crippen LogP contribution is 2.26. The van der Waals surface area contributed by atoms with Gasteiger partial charge < -0.3 is 5.11 Å². The first-order valence-corrected chi connectivity index (χ1v) is 5.35. The summed E-state index contributed by atoms with van der Waals surface area (Å²) in [5, 5.41) is 10.8. The molecule has 1 saturated heterocycles. The molecule has 0 bridgehead atoms. The standard InChI is InChI=1S/C12H15NO3/c1-8-6-12(15)13(16-8)11-5-3-4-10(7-11)9(2)14/h3-5,7-9,14H,6H2,1-2H3. The quantitative estimate of drug-likeness (QED) is 0.828. The number of aliphatic hydroxyl groups is 1. The van der Waals surface area contributed by atoms with Crippen LogP contribution >= 0.6 is 0 Å². The molecule has 1 fully saturated rings. The predicted octanol–water partition coefficient (Wildman–Crippen LogP) is 1.80. The van der Waals surface area contributed by atoms with Crippen molar-refractivity contribution in [2.75, 3.05) is 5.06 Å². The van der Waals surface area contributed by atoms with E-state index >= 15 is 0 Å². The molecule has 86 valence electrons. The normalized spacial score (nSPS) is 22.6. The third kappa shape index (κ3) is 2.08. The highest BCUT2D eigenvalue weighted by atomic mass is 16.7. The number of hydroxylamine groups is 1. The lowest BCUT2D eigenvalue weighted by Gasteiger charge is -2.16. The number of hydrogen-bond donors (Lipinski definition) is 1. The van der Waals surface area contributed by atoms with Crippen LogP contribution in [0.15, 0.2) is 24.3 Å². The van der Waals surface area contributed by atoms with Crippen LogP contribution < -0.4 is 5.06 Å². The van der Waals surface area contributed by atoms with Crippen molar-refractivity contribution in [3.63, 3.8) is 0 Å². The van der Waals surface area contributed by atoms with Gasteiger partial charge in [-0.05, 0) is 31.5 Å². The first kappa shape index (κ1) is 11.1. The average molecular weight is 221 g/mol. The van der Waals surface area contributed by atoms with E-state index in [2.05, 4.69) is 0 Å². The third-order valence-corrected chi connectivity index (χ3v) is 2.56. The van der Waals surface area contributed by atoms with Crippen LogP contribution in [0.4, 0.5) is 5.69 Å². The number of hydrogen-bond acceptors (Lipinski definition) is 3. The molecule has 0 aliphatic carbocycles. The molecule has 1 aromatic carbocycles. The highest BCUT2D eigenvalue weighted by Gasteiger charge is 2.29. The highest BCUT2D eigenvalue weighted by molar-refractivity contribution is 5.93. The van der Waals surface area contributed by atoms with Gasteiger partial charge in [-0.15, -0.1) is 0 Å². The van der Waals surface area contributed by atoms with E-state index in [1.165, 1.54) is 5.06 Å². The first-order chi connectivity index (χ1) is 7.58. The Morgan fingerprint density at radius 3 is 2.88 bits per heavy atom. The fourth-order valence-corrected chi connectivity index (χ4v) is 1.72. The SMILES string of the molecule is CC1CC(=O)N(c2cccc(C(C)O)c2)O1. The molecule has 2 atom stereocenters. The van der Waals surface area contributed by atoms with Gasteiger partial charge >= 0.3 is 0 Å². The van der Waals surface area contributed by atoms with Gasteiger partial charge in [0.1, 0.15) is 0 Å². The molecule has 0 saturated carbocycles. The fourth-order valence-electron chi connectivity index (χ4n) is 1.72. The number of amides is 1. The van der Waals surface area contributed by atoms with Gasteiger partial charge in [-0.1, -0.05) is 12.1 Å². The Bertz CT molecular complexity index is 403. The monoisotopic (exact) mass is 221 g/mol. The van der Waals surface area contributed by atoms with E-state index < -0.39 is 6.10 Å². The van der Waals surface area contributed by atoms with Crippen LogP contribution in [-0.2, 0) is 9.63 Å². The Morgan fingerprint density at radius 1 is 1.56 bits per heavy atom. The zero-order valence-corrected chi connectivity index (χ0v) is 9.38. The topological polar surface area (TPSA) is 49.8 Å². The molecular formula is C12H15NO3. The van der Waals surface area contributed by atoms with Gasteiger partial charge in [-0.2, -0.15) is 5.06 Å². The van der Waals surface area contributed by atoms with Gasteiger partial charge in [0, 0.05) is 0 Å². The Balaban J connectivity index is 2.27. The van der Waals surface area contributed by atoms with Crippen LogP contribution in [0.1, 0.15) is 31.9 Å². The summed E-state index contributed by atoms with van der Waals surface area (Å²) in [4.78, 5) is 17.0. The van der Waals surface area contributed by atoms with Crippen molar-refractivity contribution in [2.45, 2.75) is 32.5 Å². The Morgan fingerprint density at radius 2 is 2.31 bits per heavy atom. The first-order valence-electron chi connectivity index (χ1n) is 5.35. The van der Waals surface area contributed by atoms with Gasteiger partial charge in [0.15, 0.2) is 0 Å². The fraction of sp³-hybridized carbons (Fsp3) is 0.417. The molecule has 1 aliphatic rings. The summed E-state index contributed by atoms with van der Waals surface area (Å²) in [6, 6.07) is 7.18. The molecule has 1 aliphatic heterocycles. The smallest absolute Gasteiger partial charge is 0.253 e. The van der Waals surface area contributed by atoms with Crippen molar-refractivity contribution in [3.8, 4) is 0 Å². The molecule has 0 aromatic heterocycles. The largest absolute Gasteiger partial charge is 0.389 e. The maximum atomic E-state index is 11.6. The van der Waals surface area contributed by atoms with Gasteiger partial charge in [-0.25, -0.2) is 0 Å². The molecule has 0 spiro atoms. The lowest BCUT2D eigenvalue weighted by Crippen LogP contribution is -2.22. The molecular weight excluding hydrogens is 206 g/mol. The summed E-state index contributed by atoms with van der Waals surface area (Å²) < 4.78 is 0. The van der Waals surface area contributed by atoms with E-state index in [0.29, 0.717) is 12.1 Å². The second-order valence-corrected chi connectivity index (χ2v) is 4.08. The molecule has 4 heteroatoms. The van der Waals surface area contributed by atoms with Crippen molar-refractivity contribution in [3.05, 3.63) is 29.8 Å². The van der Waals surface area contributed by atoms with Crippen LogP contribution in [0.3, 0.4) is 0 Å². The molecule has 1 amide bonds.